The molecule has 1 fully saturated rings. The molecule has 160 valence electrons. The van der Waals surface area contributed by atoms with Gasteiger partial charge < -0.3 is 15.0 Å². The fraction of sp³-hybridized carbons (Fsp3) is 0.292. The van der Waals surface area contributed by atoms with Crippen LogP contribution in [0.2, 0.25) is 0 Å². The Morgan fingerprint density at radius 3 is 2.77 bits per heavy atom. The third kappa shape index (κ3) is 5.38. The lowest BCUT2D eigenvalue weighted by atomic mass is 10.1. The van der Waals surface area contributed by atoms with Crippen molar-refractivity contribution in [3.8, 4) is 0 Å². The van der Waals surface area contributed by atoms with Crippen LogP contribution in [0.25, 0.3) is 0 Å². The Labute approximate surface area is 181 Å². The van der Waals surface area contributed by atoms with Gasteiger partial charge in [0.2, 0.25) is 0 Å². The van der Waals surface area contributed by atoms with Gasteiger partial charge in [0.25, 0.3) is 11.8 Å². The van der Waals surface area contributed by atoms with E-state index in [0.29, 0.717) is 30.9 Å². The summed E-state index contributed by atoms with van der Waals surface area (Å²) in [5.74, 6) is -0.287. The maximum absolute atomic E-state index is 12.9. The number of anilines is 1. The van der Waals surface area contributed by atoms with E-state index in [1.165, 1.54) is 5.56 Å². The smallest absolute Gasteiger partial charge is 0.253 e. The number of carbonyl (C=O) groups is 2. The Bertz CT molecular complexity index is 1040. The third-order valence-corrected chi connectivity index (χ3v) is 5.24. The van der Waals surface area contributed by atoms with Gasteiger partial charge >= 0.3 is 0 Å². The van der Waals surface area contributed by atoms with Crippen LogP contribution in [-0.4, -0.2) is 46.3 Å². The number of ether oxygens (including phenoxy) is 1. The standard InChI is InChI=1S/C24H26N4O3/c1-27(15-19-14-25-28(17-19)16-18-7-3-2-4-8-18)24(30)20-9-5-10-21(13-20)26-23(29)22-11-6-12-31-22/h2-5,7-10,13-14,17,22H,6,11-12,15-16H2,1H3,(H,26,29). The molecule has 2 heterocycles. The van der Waals surface area contributed by atoms with Crippen LogP contribution in [0.5, 0.6) is 0 Å². The molecule has 31 heavy (non-hydrogen) atoms. The van der Waals surface area contributed by atoms with Crippen molar-refractivity contribution in [2.45, 2.75) is 32.0 Å². The molecule has 1 unspecified atom stereocenters. The monoisotopic (exact) mass is 418 g/mol. The Kier molecular flexibility index (Phi) is 6.43. The van der Waals surface area contributed by atoms with Crippen LogP contribution in [0, 0.1) is 0 Å². The first kappa shape index (κ1) is 20.8. The second-order valence-corrected chi connectivity index (χ2v) is 7.76. The number of benzene rings is 2. The van der Waals surface area contributed by atoms with Gasteiger partial charge in [0.05, 0.1) is 12.7 Å². The predicted molar refractivity (Wildman–Crippen MR) is 118 cm³/mol. The van der Waals surface area contributed by atoms with Crippen LogP contribution >= 0.6 is 0 Å². The summed E-state index contributed by atoms with van der Waals surface area (Å²) in [4.78, 5) is 26.8. The lowest BCUT2D eigenvalue weighted by Gasteiger charge is -2.17. The van der Waals surface area contributed by atoms with Gasteiger partial charge in [0.15, 0.2) is 0 Å². The van der Waals surface area contributed by atoms with E-state index in [0.717, 1.165) is 18.4 Å². The molecular weight excluding hydrogens is 392 g/mol. The van der Waals surface area contributed by atoms with Gasteiger partial charge in [-0.3, -0.25) is 14.3 Å². The van der Waals surface area contributed by atoms with Crippen molar-refractivity contribution in [2.24, 2.45) is 0 Å². The van der Waals surface area contributed by atoms with Crippen LogP contribution in [0.15, 0.2) is 67.0 Å². The van der Waals surface area contributed by atoms with Gasteiger partial charge in [0.1, 0.15) is 6.10 Å². The van der Waals surface area contributed by atoms with Gasteiger partial charge in [-0.1, -0.05) is 36.4 Å². The molecule has 1 N–H and O–H groups in total. The first-order valence-electron chi connectivity index (χ1n) is 10.4. The van der Waals surface area contributed by atoms with E-state index in [4.69, 9.17) is 4.74 Å². The Morgan fingerprint density at radius 2 is 2.00 bits per heavy atom. The second-order valence-electron chi connectivity index (χ2n) is 7.76. The predicted octanol–water partition coefficient (Wildman–Crippen LogP) is 3.32. The molecule has 2 aromatic carbocycles. The molecule has 0 bridgehead atoms. The summed E-state index contributed by atoms with van der Waals surface area (Å²) >= 11 is 0. The third-order valence-electron chi connectivity index (χ3n) is 5.24. The maximum Gasteiger partial charge on any atom is 0.253 e. The highest BCUT2D eigenvalue weighted by atomic mass is 16.5. The Balaban J connectivity index is 1.36. The van der Waals surface area contributed by atoms with E-state index < -0.39 is 6.10 Å². The summed E-state index contributed by atoms with van der Waals surface area (Å²) < 4.78 is 7.28. The quantitative estimate of drug-likeness (QED) is 0.639. The lowest BCUT2D eigenvalue weighted by molar-refractivity contribution is -0.124. The largest absolute Gasteiger partial charge is 0.368 e. The fourth-order valence-corrected chi connectivity index (χ4v) is 3.65. The molecule has 1 aliphatic heterocycles. The Hall–Kier alpha value is -3.45. The zero-order valence-corrected chi connectivity index (χ0v) is 17.5. The van der Waals surface area contributed by atoms with Crippen LogP contribution in [0.4, 0.5) is 5.69 Å². The van der Waals surface area contributed by atoms with E-state index in [1.807, 2.05) is 29.1 Å². The van der Waals surface area contributed by atoms with Crippen molar-refractivity contribution in [3.05, 3.63) is 83.7 Å². The average molecular weight is 418 g/mol. The molecule has 0 spiro atoms. The summed E-state index contributed by atoms with van der Waals surface area (Å²) in [6, 6.07) is 17.1. The molecule has 0 radical (unpaired) electrons. The molecule has 2 amide bonds. The number of amides is 2. The molecule has 1 saturated heterocycles. The summed E-state index contributed by atoms with van der Waals surface area (Å²) in [5.41, 5.74) is 3.23. The lowest BCUT2D eigenvalue weighted by Crippen LogP contribution is -2.28. The molecule has 4 rings (SSSR count). The molecule has 0 saturated carbocycles. The van der Waals surface area contributed by atoms with Gasteiger partial charge in [0, 0.05) is 43.2 Å². The van der Waals surface area contributed by atoms with E-state index >= 15 is 0 Å². The van der Waals surface area contributed by atoms with Crippen molar-refractivity contribution in [1.82, 2.24) is 14.7 Å². The molecule has 7 heteroatoms. The van der Waals surface area contributed by atoms with E-state index in [-0.39, 0.29) is 11.8 Å². The number of nitrogens with one attached hydrogen (secondary N) is 1. The van der Waals surface area contributed by atoms with Gasteiger partial charge in [-0.15, -0.1) is 0 Å². The topological polar surface area (TPSA) is 76.5 Å². The average Bonchev–Trinajstić information content (AvgIpc) is 3.47. The molecule has 0 aliphatic carbocycles. The van der Waals surface area contributed by atoms with Crippen molar-refractivity contribution in [2.75, 3.05) is 19.0 Å². The zero-order valence-electron chi connectivity index (χ0n) is 17.5. The van der Waals surface area contributed by atoms with E-state index in [2.05, 4.69) is 22.5 Å². The zero-order chi connectivity index (χ0) is 21.6. The highest BCUT2D eigenvalue weighted by Crippen LogP contribution is 2.17. The highest BCUT2D eigenvalue weighted by Gasteiger charge is 2.23. The minimum Gasteiger partial charge on any atom is -0.368 e. The summed E-state index contributed by atoms with van der Waals surface area (Å²) in [5, 5.41) is 7.25. The molecular formula is C24H26N4O3. The van der Waals surface area contributed by atoms with Crippen molar-refractivity contribution in [1.29, 1.82) is 0 Å². The number of hydrogen-bond donors (Lipinski definition) is 1. The maximum atomic E-state index is 12.9. The van der Waals surface area contributed by atoms with E-state index in [1.54, 1.807) is 42.4 Å². The minimum absolute atomic E-state index is 0.121. The van der Waals surface area contributed by atoms with Crippen molar-refractivity contribution >= 4 is 17.5 Å². The van der Waals surface area contributed by atoms with Crippen molar-refractivity contribution < 1.29 is 14.3 Å². The summed E-state index contributed by atoms with van der Waals surface area (Å²) in [6.45, 7) is 1.74. The molecule has 1 aliphatic rings. The van der Waals surface area contributed by atoms with Crippen molar-refractivity contribution in [3.63, 3.8) is 0 Å². The first-order valence-corrected chi connectivity index (χ1v) is 10.4. The molecule has 7 nitrogen and oxygen atoms in total. The van der Waals surface area contributed by atoms with Crippen LogP contribution in [0.3, 0.4) is 0 Å². The second kappa shape index (κ2) is 9.57. The van der Waals surface area contributed by atoms with E-state index in [9.17, 15) is 9.59 Å². The Morgan fingerprint density at radius 1 is 1.16 bits per heavy atom. The van der Waals surface area contributed by atoms with Crippen LogP contribution in [0.1, 0.15) is 34.3 Å². The van der Waals surface area contributed by atoms with Crippen LogP contribution in [-0.2, 0) is 22.6 Å². The fourth-order valence-electron chi connectivity index (χ4n) is 3.65. The van der Waals surface area contributed by atoms with Crippen LogP contribution < -0.4 is 5.32 Å². The molecule has 1 aromatic heterocycles. The molecule has 1 atom stereocenters. The number of aromatic nitrogens is 2. The van der Waals surface area contributed by atoms with Gasteiger partial charge in [-0.2, -0.15) is 5.10 Å². The van der Waals surface area contributed by atoms with Gasteiger partial charge in [-0.25, -0.2) is 0 Å². The molecule has 3 aromatic rings. The number of carbonyl (C=O) groups excluding carboxylic acids is 2. The number of nitrogens with zero attached hydrogens (tertiary/aromatic N) is 3. The van der Waals surface area contributed by atoms with Gasteiger partial charge in [-0.05, 0) is 36.6 Å². The summed E-state index contributed by atoms with van der Waals surface area (Å²) in [6.07, 6.45) is 4.95. The minimum atomic E-state index is -0.408. The highest BCUT2D eigenvalue weighted by molar-refractivity contribution is 5.98. The normalized spacial score (nSPS) is 15.6. The summed E-state index contributed by atoms with van der Waals surface area (Å²) in [7, 11) is 1.76. The number of rotatable bonds is 7. The number of hydrogen-bond acceptors (Lipinski definition) is 4. The SMILES string of the molecule is CN(Cc1cnn(Cc2ccccc2)c1)C(=O)c1cccc(NC(=O)C2CCCO2)c1. The first-order chi connectivity index (χ1) is 15.1.